The molecule has 0 saturated heterocycles. The number of allylic oxidation sites excluding steroid dienone is 4. The number of benzene rings is 1. The summed E-state index contributed by atoms with van der Waals surface area (Å²) in [4.78, 5) is 16.3. The summed E-state index contributed by atoms with van der Waals surface area (Å²) in [6, 6.07) is 10.8. The number of carbonyl (C=O) groups is 1. The lowest BCUT2D eigenvalue weighted by Crippen LogP contribution is -2.52. The van der Waals surface area contributed by atoms with E-state index < -0.39 is 40.9 Å². The van der Waals surface area contributed by atoms with Gasteiger partial charge in [-0.1, -0.05) is 62.4 Å². The van der Waals surface area contributed by atoms with Crippen LogP contribution >= 0.6 is 9.24 Å². The van der Waals surface area contributed by atoms with Gasteiger partial charge in [0.2, 0.25) is 5.91 Å². The SMILES string of the molecule is CC.CC(=O)N[C@](Cc1ccccc1)(c1ccc(C(F)(F)F)cn1)C1C=CC(C(F)(F)F)=CC(P)=C1. The number of pyridine rings is 1. The van der Waals surface area contributed by atoms with Crippen LogP contribution in [0.25, 0.3) is 0 Å². The summed E-state index contributed by atoms with van der Waals surface area (Å²) >= 11 is 0. The Bertz CT molecular complexity index is 1120. The normalized spacial score (nSPS) is 17.6. The molecule has 3 nitrogen and oxygen atoms in total. The number of carbonyl (C=O) groups excluding carboxylic acids is 1. The number of amides is 1. The fourth-order valence-corrected chi connectivity index (χ4v) is 4.24. The molecule has 10 heteroatoms. The van der Waals surface area contributed by atoms with Crippen LogP contribution in [0.3, 0.4) is 0 Å². The van der Waals surface area contributed by atoms with E-state index in [4.69, 9.17) is 0 Å². The zero-order valence-corrected chi connectivity index (χ0v) is 21.1. The predicted octanol–water partition coefficient (Wildman–Crippen LogP) is 7.13. The molecule has 0 spiro atoms. The summed E-state index contributed by atoms with van der Waals surface area (Å²) in [5.41, 5.74) is -2.55. The molecule has 1 N–H and O–H groups in total. The first-order valence-electron chi connectivity index (χ1n) is 11.1. The van der Waals surface area contributed by atoms with Gasteiger partial charge in [0, 0.05) is 25.5 Å². The lowest BCUT2D eigenvalue weighted by atomic mass is 9.75. The van der Waals surface area contributed by atoms with Crippen LogP contribution in [-0.4, -0.2) is 17.1 Å². The van der Waals surface area contributed by atoms with Crippen molar-refractivity contribution in [2.24, 2.45) is 5.92 Å². The molecule has 0 radical (unpaired) electrons. The third-order valence-electron chi connectivity index (χ3n) is 5.35. The zero-order chi connectivity index (χ0) is 27.1. The average Bonchev–Trinajstić information content (AvgIpc) is 3.02. The molecule has 1 heterocycles. The van der Waals surface area contributed by atoms with Crippen LogP contribution in [0, 0.1) is 5.92 Å². The molecule has 36 heavy (non-hydrogen) atoms. The van der Waals surface area contributed by atoms with Gasteiger partial charge in [0.05, 0.1) is 22.4 Å². The van der Waals surface area contributed by atoms with E-state index in [-0.39, 0.29) is 17.4 Å². The molecule has 0 bridgehead atoms. The Morgan fingerprint density at radius 2 is 1.64 bits per heavy atom. The van der Waals surface area contributed by atoms with E-state index >= 15 is 0 Å². The molecular formula is C26H27F6N2OP. The summed E-state index contributed by atoms with van der Waals surface area (Å²) in [6.45, 7) is 5.23. The molecule has 0 aliphatic heterocycles. The number of nitrogens with one attached hydrogen (secondary N) is 1. The standard InChI is InChI=1S/C24H21F6N2OP.C2H6/c1-15(33)32-22(13-16-5-3-2-4-6-16,21-10-9-19(14-31-21)24(28,29)30)17-7-8-18(23(25,26)27)12-20(34)11-17;1-2/h2-12,14,17H,13,34H2,1H3,(H,32,33);1-2H3/t17?,22-;/m0./s1. The van der Waals surface area contributed by atoms with E-state index in [1.54, 1.807) is 30.3 Å². The summed E-state index contributed by atoms with van der Waals surface area (Å²) < 4.78 is 79.7. The maximum atomic E-state index is 13.4. The second-order valence-electron chi connectivity index (χ2n) is 7.89. The van der Waals surface area contributed by atoms with Crippen molar-refractivity contribution < 1.29 is 31.1 Å². The van der Waals surface area contributed by atoms with Gasteiger partial charge in [-0.05, 0) is 29.1 Å². The quantitative estimate of drug-likeness (QED) is 0.331. The predicted molar refractivity (Wildman–Crippen MR) is 131 cm³/mol. The molecule has 0 saturated carbocycles. The van der Waals surface area contributed by atoms with Crippen LogP contribution < -0.4 is 5.32 Å². The summed E-state index contributed by atoms with van der Waals surface area (Å²) in [5.74, 6) is -1.39. The van der Waals surface area contributed by atoms with Crippen LogP contribution in [0.5, 0.6) is 0 Å². The monoisotopic (exact) mass is 528 g/mol. The Balaban J connectivity index is 0.00000222. The molecule has 1 aromatic carbocycles. The third kappa shape index (κ3) is 7.29. The van der Waals surface area contributed by atoms with E-state index in [0.717, 1.165) is 24.3 Å². The van der Waals surface area contributed by atoms with Crippen LogP contribution in [0.4, 0.5) is 26.3 Å². The fraction of sp³-hybridized carbons (Fsp3) is 0.308. The first-order valence-corrected chi connectivity index (χ1v) is 11.7. The molecule has 1 aliphatic rings. The van der Waals surface area contributed by atoms with Crippen molar-refractivity contribution in [2.75, 3.05) is 0 Å². The van der Waals surface area contributed by atoms with Gasteiger partial charge in [0.15, 0.2) is 0 Å². The molecule has 194 valence electrons. The van der Waals surface area contributed by atoms with Gasteiger partial charge in [0.1, 0.15) is 0 Å². The maximum absolute atomic E-state index is 13.4. The fourth-order valence-electron chi connectivity index (χ4n) is 3.86. The minimum Gasteiger partial charge on any atom is -0.344 e. The minimum absolute atomic E-state index is 0.0661. The van der Waals surface area contributed by atoms with Gasteiger partial charge in [0.25, 0.3) is 0 Å². The van der Waals surface area contributed by atoms with Crippen LogP contribution in [0.2, 0.25) is 0 Å². The van der Waals surface area contributed by atoms with Crippen molar-refractivity contribution in [3.8, 4) is 0 Å². The largest absolute Gasteiger partial charge is 0.417 e. The lowest BCUT2D eigenvalue weighted by molar-refractivity contribution is -0.138. The van der Waals surface area contributed by atoms with Crippen LogP contribution in [-0.2, 0) is 22.9 Å². The number of halogens is 6. The number of aromatic nitrogens is 1. The number of nitrogens with zero attached hydrogens (tertiary/aromatic N) is 1. The number of alkyl halides is 6. The number of rotatable bonds is 5. The molecule has 3 rings (SSSR count). The van der Waals surface area contributed by atoms with Crippen molar-refractivity contribution in [1.29, 1.82) is 0 Å². The van der Waals surface area contributed by atoms with Gasteiger partial charge < -0.3 is 5.32 Å². The van der Waals surface area contributed by atoms with Crippen molar-refractivity contribution in [3.63, 3.8) is 0 Å². The smallest absolute Gasteiger partial charge is 0.344 e. The Labute approximate surface area is 208 Å². The van der Waals surface area contributed by atoms with Crippen molar-refractivity contribution in [2.45, 2.75) is 45.1 Å². The molecule has 1 aliphatic carbocycles. The highest BCUT2D eigenvalue weighted by Gasteiger charge is 2.43. The molecular weight excluding hydrogens is 501 g/mol. The Morgan fingerprint density at radius 1 is 1.00 bits per heavy atom. The Morgan fingerprint density at radius 3 is 2.14 bits per heavy atom. The molecule has 1 amide bonds. The number of hydrogen-bond donors (Lipinski definition) is 1. The third-order valence-corrected chi connectivity index (χ3v) is 5.71. The van der Waals surface area contributed by atoms with Crippen LogP contribution in [0.1, 0.15) is 37.6 Å². The lowest BCUT2D eigenvalue weighted by Gasteiger charge is -2.39. The highest BCUT2D eigenvalue weighted by molar-refractivity contribution is 7.22. The van der Waals surface area contributed by atoms with Gasteiger partial charge in [-0.25, -0.2) is 0 Å². The molecule has 0 fully saturated rings. The summed E-state index contributed by atoms with van der Waals surface area (Å²) in [6.07, 6.45) is -3.86. The summed E-state index contributed by atoms with van der Waals surface area (Å²) in [5, 5.41) is 3.00. The Kier molecular flexibility index (Phi) is 9.66. The first-order chi connectivity index (χ1) is 16.8. The summed E-state index contributed by atoms with van der Waals surface area (Å²) in [7, 11) is 2.22. The first kappa shape index (κ1) is 29.3. The van der Waals surface area contributed by atoms with E-state index in [1.807, 2.05) is 13.8 Å². The second-order valence-corrected chi connectivity index (χ2v) is 8.56. The molecule has 2 unspecified atom stereocenters. The van der Waals surface area contributed by atoms with Gasteiger partial charge in [-0.3, -0.25) is 9.78 Å². The number of hydrogen-bond acceptors (Lipinski definition) is 2. The average molecular weight is 528 g/mol. The zero-order valence-electron chi connectivity index (χ0n) is 19.9. The molecule has 2 aromatic rings. The highest BCUT2D eigenvalue weighted by atomic mass is 31.0. The van der Waals surface area contributed by atoms with Crippen molar-refractivity contribution in [1.82, 2.24) is 10.3 Å². The second kappa shape index (κ2) is 11.9. The van der Waals surface area contributed by atoms with E-state index in [0.29, 0.717) is 11.8 Å². The van der Waals surface area contributed by atoms with Crippen LogP contribution in [0.15, 0.2) is 83.9 Å². The van der Waals surface area contributed by atoms with E-state index in [9.17, 15) is 31.1 Å². The molecule has 1 aromatic heterocycles. The maximum Gasteiger partial charge on any atom is 0.417 e. The van der Waals surface area contributed by atoms with Gasteiger partial charge in [-0.2, -0.15) is 26.3 Å². The Hall–Kier alpha value is -2.93. The minimum atomic E-state index is -4.62. The van der Waals surface area contributed by atoms with E-state index in [1.165, 1.54) is 19.1 Å². The molecule has 3 atom stereocenters. The van der Waals surface area contributed by atoms with E-state index in [2.05, 4.69) is 19.5 Å². The van der Waals surface area contributed by atoms with Crippen molar-refractivity contribution in [3.05, 3.63) is 101 Å². The topological polar surface area (TPSA) is 42.0 Å². The van der Waals surface area contributed by atoms with Gasteiger partial charge >= 0.3 is 12.4 Å². The van der Waals surface area contributed by atoms with Crippen molar-refractivity contribution >= 4 is 15.1 Å². The van der Waals surface area contributed by atoms with Gasteiger partial charge in [-0.15, -0.1) is 9.24 Å². The highest BCUT2D eigenvalue weighted by Crippen LogP contribution is 2.40.